The van der Waals surface area contributed by atoms with Gasteiger partial charge in [-0.1, -0.05) is 60.7 Å². The number of rotatable bonds is 7. The smallest absolute Gasteiger partial charge is 0.313 e. The molecule has 0 aliphatic carbocycles. The molecule has 2 fully saturated rings. The Bertz CT molecular complexity index is 969. The fourth-order valence-corrected chi connectivity index (χ4v) is 6.45. The highest BCUT2D eigenvalue weighted by atomic mass is 32.2. The van der Waals surface area contributed by atoms with Gasteiger partial charge in [-0.15, -0.1) is 0 Å². The number of carbonyl (C=O) groups excluding carboxylic acids is 2. The second-order valence-corrected chi connectivity index (χ2v) is 9.78. The molecule has 2 bridgehead atoms. The molecule has 2 aromatic carbocycles. The average molecular weight is 438 g/mol. The van der Waals surface area contributed by atoms with E-state index in [0.717, 1.165) is 11.1 Å². The highest BCUT2D eigenvalue weighted by molar-refractivity contribution is 7.87. The van der Waals surface area contributed by atoms with Gasteiger partial charge in [0.15, 0.2) is 0 Å². The molecule has 8 heteroatoms. The summed E-state index contributed by atoms with van der Waals surface area (Å²) in [4.78, 5) is 25.7. The van der Waals surface area contributed by atoms with E-state index >= 15 is 0 Å². The van der Waals surface area contributed by atoms with Crippen molar-refractivity contribution in [3.63, 3.8) is 0 Å². The van der Waals surface area contributed by atoms with Gasteiger partial charge in [0.2, 0.25) is 0 Å². The van der Waals surface area contributed by atoms with Gasteiger partial charge >= 0.3 is 11.9 Å². The largest absolute Gasteiger partial charge is 0.461 e. The highest BCUT2D eigenvalue weighted by Crippen LogP contribution is 2.52. The Hall–Kier alpha value is -2.45. The van der Waals surface area contributed by atoms with Gasteiger partial charge < -0.3 is 14.2 Å². The number of esters is 2. The minimum atomic E-state index is -1.44. The third-order valence-corrected chi connectivity index (χ3v) is 8.15. The molecule has 0 spiro atoms. The first-order valence-corrected chi connectivity index (χ1v) is 11.4. The van der Waals surface area contributed by atoms with E-state index in [1.807, 2.05) is 60.7 Å². The predicted molar refractivity (Wildman–Crippen MR) is 115 cm³/mol. The molecule has 2 heterocycles. The van der Waals surface area contributed by atoms with E-state index in [-0.39, 0.29) is 19.6 Å². The van der Waals surface area contributed by atoms with Gasteiger partial charge in [0, 0.05) is 16.8 Å². The van der Waals surface area contributed by atoms with Crippen molar-refractivity contribution in [2.24, 2.45) is 5.92 Å². The lowest BCUT2D eigenvalue weighted by Crippen LogP contribution is -2.49. The highest BCUT2D eigenvalue weighted by Gasteiger charge is 2.70. The van der Waals surface area contributed by atoms with Crippen LogP contribution in [0, 0.1) is 5.92 Å². The monoisotopic (exact) mass is 438 g/mol. The van der Waals surface area contributed by atoms with E-state index < -0.39 is 50.8 Å². The number of carbonyl (C=O) groups is 2. The Morgan fingerprint density at radius 3 is 2.13 bits per heavy atom. The molecule has 4 rings (SSSR count). The molecular weight excluding hydrogens is 415 g/mol. The molecule has 160 valence electrons. The topological polar surface area (TPSA) is 78.9 Å². The van der Waals surface area contributed by atoms with Crippen LogP contribution in [0.1, 0.15) is 24.5 Å². The van der Waals surface area contributed by atoms with Crippen LogP contribution in [0.2, 0.25) is 0 Å². The lowest BCUT2D eigenvalue weighted by Gasteiger charge is -2.35. The van der Waals surface area contributed by atoms with Gasteiger partial charge in [-0.05, 0) is 18.1 Å². The van der Waals surface area contributed by atoms with Crippen molar-refractivity contribution in [2.45, 2.75) is 48.7 Å². The van der Waals surface area contributed by atoms with Gasteiger partial charge in [-0.25, -0.2) is 0 Å². The maximum absolute atomic E-state index is 13.0. The van der Waals surface area contributed by atoms with Gasteiger partial charge in [0.1, 0.15) is 32.6 Å². The lowest BCUT2D eigenvalue weighted by atomic mass is 9.80. The summed E-state index contributed by atoms with van der Waals surface area (Å²) in [6.07, 6.45) is -0.220. The Kier molecular flexibility index (Phi) is 6.30. The SMILES string of the molecule is [B][C@@H]1O[C@]2(CC(=O)OCc3ccccc3)C(C(=O)OCc3ccccc3)C1[S@](=O)[C@@H]2C. The molecule has 2 radical (unpaired) electrons. The molecular formula is C23H23BO6S. The fourth-order valence-electron chi connectivity index (χ4n) is 4.37. The van der Waals surface area contributed by atoms with Gasteiger partial charge in [-0.3, -0.25) is 13.8 Å². The van der Waals surface area contributed by atoms with Crippen molar-refractivity contribution >= 4 is 30.6 Å². The molecule has 6 nitrogen and oxygen atoms in total. The zero-order valence-corrected chi connectivity index (χ0v) is 18.0. The van der Waals surface area contributed by atoms with Crippen LogP contribution in [0.15, 0.2) is 60.7 Å². The van der Waals surface area contributed by atoms with Crippen LogP contribution in [-0.4, -0.2) is 46.1 Å². The summed E-state index contributed by atoms with van der Waals surface area (Å²) in [7, 11) is 4.62. The molecule has 6 atom stereocenters. The Morgan fingerprint density at radius 2 is 1.55 bits per heavy atom. The third-order valence-electron chi connectivity index (χ3n) is 5.98. The molecule has 31 heavy (non-hydrogen) atoms. The molecule has 2 aromatic rings. The van der Waals surface area contributed by atoms with E-state index in [4.69, 9.17) is 22.1 Å². The summed E-state index contributed by atoms with van der Waals surface area (Å²) < 4.78 is 29.8. The minimum Gasteiger partial charge on any atom is -0.461 e. The van der Waals surface area contributed by atoms with Crippen LogP contribution in [-0.2, 0) is 47.8 Å². The molecule has 0 aromatic heterocycles. The third kappa shape index (κ3) is 4.19. The zero-order chi connectivity index (χ0) is 22.0. The molecule has 2 unspecified atom stereocenters. The van der Waals surface area contributed by atoms with Crippen LogP contribution >= 0.6 is 0 Å². The summed E-state index contributed by atoms with van der Waals surface area (Å²) in [6.45, 7) is 1.89. The lowest BCUT2D eigenvalue weighted by molar-refractivity contribution is -0.162. The second kappa shape index (κ2) is 8.97. The molecule has 2 aliphatic heterocycles. The summed E-state index contributed by atoms with van der Waals surface area (Å²) in [5.41, 5.74) is 0.366. The van der Waals surface area contributed by atoms with Crippen molar-refractivity contribution in [2.75, 3.05) is 0 Å². The van der Waals surface area contributed by atoms with Crippen molar-refractivity contribution in [3.05, 3.63) is 71.8 Å². The predicted octanol–water partition coefficient (Wildman–Crippen LogP) is 2.26. The Balaban J connectivity index is 1.49. The van der Waals surface area contributed by atoms with Crippen molar-refractivity contribution in [1.82, 2.24) is 0 Å². The number of hydrogen-bond donors (Lipinski definition) is 0. The summed E-state index contributed by atoms with van der Waals surface area (Å²) >= 11 is 0. The van der Waals surface area contributed by atoms with Crippen LogP contribution in [0.4, 0.5) is 0 Å². The van der Waals surface area contributed by atoms with Gasteiger partial charge in [0.25, 0.3) is 0 Å². The first-order valence-electron chi connectivity index (χ1n) is 10.2. The molecule has 0 amide bonds. The quantitative estimate of drug-likeness (QED) is 0.488. The normalized spacial score (nSPS) is 31.3. The van der Waals surface area contributed by atoms with Gasteiger partial charge in [0.05, 0.1) is 16.9 Å². The van der Waals surface area contributed by atoms with Crippen molar-refractivity contribution in [1.29, 1.82) is 0 Å². The van der Waals surface area contributed by atoms with E-state index in [2.05, 4.69) is 0 Å². The van der Waals surface area contributed by atoms with Crippen LogP contribution in [0.25, 0.3) is 0 Å². The Morgan fingerprint density at radius 1 is 1.00 bits per heavy atom. The first-order chi connectivity index (χ1) is 14.9. The number of fused-ring (bicyclic) bond motifs is 2. The van der Waals surface area contributed by atoms with Gasteiger partial charge in [-0.2, -0.15) is 0 Å². The number of ether oxygens (including phenoxy) is 3. The van der Waals surface area contributed by atoms with Crippen LogP contribution < -0.4 is 0 Å². The van der Waals surface area contributed by atoms with E-state index in [9.17, 15) is 13.8 Å². The minimum absolute atomic E-state index is 0.0771. The summed E-state index contributed by atoms with van der Waals surface area (Å²) in [5.74, 6) is -2.00. The molecule has 0 saturated carbocycles. The van der Waals surface area contributed by atoms with Crippen LogP contribution in [0.5, 0.6) is 0 Å². The van der Waals surface area contributed by atoms with E-state index in [0.29, 0.717) is 0 Å². The Labute approximate surface area is 185 Å². The maximum Gasteiger partial charge on any atom is 0.313 e. The molecule has 0 N–H and O–H groups in total. The average Bonchev–Trinajstić information content (AvgIpc) is 3.18. The van der Waals surface area contributed by atoms with Crippen molar-refractivity contribution < 1.29 is 28.0 Å². The fraction of sp³-hybridized carbons (Fsp3) is 0.391. The van der Waals surface area contributed by atoms with Crippen LogP contribution in [0.3, 0.4) is 0 Å². The van der Waals surface area contributed by atoms with E-state index in [1.54, 1.807) is 6.92 Å². The first kappa shape index (κ1) is 21.8. The number of hydrogen-bond acceptors (Lipinski definition) is 6. The zero-order valence-electron chi connectivity index (χ0n) is 17.1. The molecule has 2 saturated heterocycles. The van der Waals surface area contributed by atoms with E-state index in [1.165, 1.54) is 0 Å². The summed E-state index contributed by atoms with van der Waals surface area (Å²) in [5, 5.41) is -1.28. The van der Waals surface area contributed by atoms with Crippen molar-refractivity contribution in [3.8, 4) is 0 Å². The number of benzene rings is 2. The molecule has 2 aliphatic rings. The maximum atomic E-state index is 13.0. The standard InChI is InChI=1S/C23H23BO6S/c1-15-23(12-18(25)28-13-16-8-4-2-5-9-16)19(20(31(15)27)21(24)30-23)22(26)29-14-17-10-6-3-7-11-17/h2-11,15,19-21H,12-14H2,1H3/t15-,19?,20?,21-,23+,31-/m1/s1. The summed E-state index contributed by atoms with van der Waals surface area (Å²) in [6, 6.07) is 17.6. The second-order valence-electron chi connectivity index (χ2n) is 7.87.